The van der Waals surface area contributed by atoms with Crippen LogP contribution in [0.1, 0.15) is 10.4 Å². The van der Waals surface area contributed by atoms with E-state index in [1.165, 1.54) is 18.3 Å². The maximum Gasteiger partial charge on any atom is 0.256 e. The fourth-order valence-corrected chi connectivity index (χ4v) is 1.84. The number of benzene rings is 1. The van der Waals surface area contributed by atoms with Gasteiger partial charge in [0.25, 0.3) is 5.91 Å². The molecule has 0 saturated heterocycles. The molecule has 4 N–H and O–H groups in total. The number of nitrogens with zero attached hydrogens (tertiary/aromatic N) is 1. The minimum atomic E-state index is -0.358. The molecule has 1 aromatic carbocycles. The van der Waals surface area contributed by atoms with Crippen LogP contribution in [-0.2, 0) is 0 Å². The molecule has 18 heavy (non-hydrogen) atoms. The van der Waals surface area contributed by atoms with Crippen molar-refractivity contribution in [2.24, 2.45) is 0 Å². The summed E-state index contributed by atoms with van der Waals surface area (Å²) in [5.41, 5.74) is 6.40. The molecule has 0 saturated carbocycles. The second kappa shape index (κ2) is 5.05. The number of amides is 1. The van der Waals surface area contributed by atoms with Crippen LogP contribution in [0.4, 0.5) is 11.5 Å². The third kappa shape index (κ3) is 2.78. The van der Waals surface area contributed by atoms with Gasteiger partial charge in [0.1, 0.15) is 11.6 Å². The lowest BCUT2D eigenvalue weighted by molar-refractivity contribution is 0.102. The largest absolute Gasteiger partial charge is 0.508 e. The number of aromatic nitrogens is 1. The van der Waals surface area contributed by atoms with Crippen molar-refractivity contribution in [2.75, 3.05) is 11.1 Å². The molecule has 1 aromatic heterocycles. The summed E-state index contributed by atoms with van der Waals surface area (Å²) >= 11 is 3.26. The van der Waals surface area contributed by atoms with Gasteiger partial charge in [-0.25, -0.2) is 4.98 Å². The summed E-state index contributed by atoms with van der Waals surface area (Å²) in [5.74, 6) is 0.0494. The molecule has 0 fully saturated rings. The van der Waals surface area contributed by atoms with Gasteiger partial charge in [-0.2, -0.15) is 0 Å². The number of hydrogen-bond acceptors (Lipinski definition) is 4. The highest BCUT2D eigenvalue weighted by Crippen LogP contribution is 2.22. The lowest BCUT2D eigenvalue weighted by Crippen LogP contribution is -2.13. The summed E-state index contributed by atoms with van der Waals surface area (Å²) in [6.45, 7) is 0. The molecule has 0 bridgehead atoms. The van der Waals surface area contributed by atoms with Crippen LogP contribution in [0.15, 0.2) is 41.0 Å². The van der Waals surface area contributed by atoms with E-state index < -0.39 is 0 Å². The summed E-state index contributed by atoms with van der Waals surface area (Å²) in [7, 11) is 0. The van der Waals surface area contributed by atoms with Gasteiger partial charge in [-0.05, 0) is 40.2 Å². The maximum absolute atomic E-state index is 11.9. The number of nitrogen functional groups attached to an aromatic ring is 1. The molecule has 1 heterocycles. The first-order valence-electron chi connectivity index (χ1n) is 5.07. The van der Waals surface area contributed by atoms with E-state index in [1.807, 2.05) is 0 Å². The average Bonchev–Trinajstić information content (AvgIpc) is 2.32. The molecule has 0 aliphatic rings. The highest BCUT2D eigenvalue weighted by atomic mass is 79.9. The SMILES string of the molecule is Nc1cnc(NC(=O)c2cccc(O)c2)c(Br)c1. The topological polar surface area (TPSA) is 88.2 Å². The molecule has 0 aliphatic heterocycles. The van der Waals surface area contributed by atoms with E-state index in [0.29, 0.717) is 21.5 Å². The van der Waals surface area contributed by atoms with Crippen molar-refractivity contribution in [2.45, 2.75) is 0 Å². The Labute approximate surface area is 112 Å². The van der Waals surface area contributed by atoms with Crippen molar-refractivity contribution >= 4 is 33.3 Å². The molecule has 2 rings (SSSR count). The smallest absolute Gasteiger partial charge is 0.256 e. The highest BCUT2D eigenvalue weighted by molar-refractivity contribution is 9.10. The molecule has 0 spiro atoms. The van der Waals surface area contributed by atoms with E-state index in [-0.39, 0.29) is 11.7 Å². The number of carbonyl (C=O) groups is 1. The van der Waals surface area contributed by atoms with E-state index in [4.69, 9.17) is 5.73 Å². The summed E-state index contributed by atoms with van der Waals surface area (Å²) in [6.07, 6.45) is 1.45. The Balaban J connectivity index is 2.21. The van der Waals surface area contributed by atoms with E-state index in [0.717, 1.165) is 0 Å². The van der Waals surface area contributed by atoms with Gasteiger partial charge >= 0.3 is 0 Å². The van der Waals surface area contributed by atoms with Crippen LogP contribution in [0.2, 0.25) is 0 Å². The summed E-state index contributed by atoms with van der Waals surface area (Å²) in [5, 5.41) is 11.9. The van der Waals surface area contributed by atoms with Gasteiger partial charge in [0.15, 0.2) is 0 Å². The van der Waals surface area contributed by atoms with Crippen molar-refractivity contribution in [3.8, 4) is 5.75 Å². The van der Waals surface area contributed by atoms with Crippen LogP contribution in [0.3, 0.4) is 0 Å². The minimum Gasteiger partial charge on any atom is -0.508 e. The fraction of sp³-hybridized carbons (Fsp3) is 0. The van der Waals surface area contributed by atoms with Crippen molar-refractivity contribution in [1.82, 2.24) is 4.98 Å². The zero-order chi connectivity index (χ0) is 13.1. The zero-order valence-electron chi connectivity index (χ0n) is 9.22. The standard InChI is InChI=1S/C12H10BrN3O2/c13-10-5-8(14)6-15-11(10)16-12(18)7-2-1-3-9(17)4-7/h1-6,17H,14H2,(H,15,16,18). The van der Waals surface area contributed by atoms with Gasteiger partial charge in [-0.3, -0.25) is 4.79 Å². The molecule has 1 amide bonds. The second-order valence-corrected chi connectivity index (χ2v) is 4.46. The van der Waals surface area contributed by atoms with Crippen LogP contribution in [0, 0.1) is 0 Å². The Hall–Kier alpha value is -2.08. The number of phenols is 1. The zero-order valence-corrected chi connectivity index (χ0v) is 10.8. The minimum absolute atomic E-state index is 0.0342. The predicted molar refractivity (Wildman–Crippen MR) is 72.4 cm³/mol. The van der Waals surface area contributed by atoms with Gasteiger partial charge in [0.05, 0.1) is 16.4 Å². The number of aromatic hydroxyl groups is 1. The van der Waals surface area contributed by atoms with Gasteiger partial charge in [-0.1, -0.05) is 6.07 Å². The molecular formula is C12H10BrN3O2. The van der Waals surface area contributed by atoms with Gasteiger partial charge in [0.2, 0.25) is 0 Å². The van der Waals surface area contributed by atoms with E-state index in [1.54, 1.807) is 18.2 Å². The van der Waals surface area contributed by atoms with E-state index in [2.05, 4.69) is 26.2 Å². The van der Waals surface area contributed by atoms with Crippen molar-refractivity contribution in [3.63, 3.8) is 0 Å². The Morgan fingerprint density at radius 1 is 1.39 bits per heavy atom. The van der Waals surface area contributed by atoms with Gasteiger partial charge < -0.3 is 16.2 Å². The first kappa shape index (κ1) is 12.4. The first-order chi connectivity index (χ1) is 8.56. The maximum atomic E-state index is 11.9. The van der Waals surface area contributed by atoms with Crippen LogP contribution in [0.5, 0.6) is 5.75 Å². The molecule has 0 radical (unpaired) electrons. The number of nitrogens with two attached hydrogens (primary N) is 1. The summed E-state index contributed by atoms with van der Waals surface area (Å²) < 4.78 is 0.594. The number of anilines is 2. The molecule has 92 valence electrons. The van der Waals surface area contributed by atoms with Crippen molar-refractivity contribution in [1.29, 1.82) is 0 Å². The third-order valence-corrected chi connectivity index (χ3v) is 2.81. The average molecular weight is 308 g/mol. The van der Waals surface area contributed by atoms with E-state index in [9.17, 15) is 9.90 Å². The van der Waals surface area contributed by atoms with Crippen molar-refractivity contribution in [3.05, 3.63) is 46.6 Å². The number of hydrogen-bond donors (Lipinski definition) is 3. The summed E-state index contributed by atoms with van der Waals surface area (Å²) in [6, 6.07) is 7.70. The van der Waals surface area contributed by atoms with Crippen LogP contribution in [0.25, 0.3) is 0 Å². The van der Waals surface area contributed by atoms with Crippen molar-refractivity contribution < 1.29 is 9.90 Å². The molecule has 0 aliphatic carbocycles. The number of rotatable bonds is 2. The number of halogens is 1. The number of pyridine rings is 1. The lowest BCUT2D eigenvalue weighted by atomic mass is 10.2. The predicted octanol–water partition coefficient (Wildman–Crippen LogP) is 2.38. The fourth-order valence-electron chi connectivity index (χ4n) is 1.37. The van der Waals surface area contributed by atoms with Gasteiger partial charge in [-0.15, -0.1) is 0 Å². The van der Waals surface area contributed by atoms with Crippen LogP contribution < -0.4 is 11.1 Å². The normalized spacial score (nSPS) is 10.1. The van der Waals surface area contributed by atoms with Crippen LogP contribution in [-0.4, -0.2) is 16.0 Å². The second-order valence-electron chi connectivity index (χ2n) is 3.60. The Morgan fingerprint density at radius 3 is 2.83 bits per heavy atom. The highest BCUT2D eigenvalue weighted by Gasteiger charge is 2.09. The first-order valence-corrected chi connectivity index (χ1v) is 5.87. The Morgan fingerprint density at radius 2 is 2.17 bits per heavy atom. The van der Waals surface area contributed by atoms with Crippen LogP contribution >= 0.6 is 15.9 Å². The lowest BCUT2D eigenvalue weighted by Gasteiger charge is -2.07. The number of phenolic OH excluding ortho intramolecular Hbond substituents is 1. The summed E-state index contributed by atoms with van der Waals surface area (Å²) in [4.78, 5) is 15.9. The number of carbonyl (C=O) groups excluding carboxylic acids is 1. The molecule has 5 nitrogen and oxygen atoms in total. The van der Waals surface area contributed by atoms with E-state index >= 15 is 0 Å². The molecule has 0 atom stereocenters. The molecule has 6 heteroatoms. The molecule has 0 unspecified atom stereocenters. The molecular weight excluding hydrogens is 298 g/mol. The number of nitrogens with one attached hydrogen (secondary N) is 1. The Kier molecular flexibility index (Phi) is 3.47. The quantitative estimate of drug-likeness (QED) is 0.795. The molecule has 2 aromatic rings. The third-order valence-electron chi connectivity index (χ3n) is 2.20. The Bertz CT molecular complexity index is 602. The van der Waals surface area contributed by atoms with Gasteiger partial charge in [0, 0.05) is 5.56 Å². The monoisotopic (exact) mass is 307 g/mol.